The van der Waals surface area contributed by atoms with Gasteiger partial charge in [0, 0.05) is 18.8 Å². The Morgan fingerprint density at radius 1 is 1.22 bits per heavy atom. The Morgan fingerprint density at radius 3 is 2.44 bits per heavy atom. The lowest BCUT2D eigenvalue weighted by atomic mass is 10.1. The van der Waals surface area contributed by atoms with Crippen LogP contribution >= 0.6 is 0 Å². The highest BCUT2D eigenvalue weighted by molar-refractivity contribution is 5.51. The van der Waals surface area contributed by atoms with Crippen LogP contribution in [0.4, 0.5) is 18.9 Å². The van der Waals surface area contributed by atoms with Crippen molar-refractivity contribution in [1.82, 2.24) is 0 Å². The van der Waals surface area contributed by atoms with E-state index in [4.69, 9.17) is 5.73 Å². The second-order valence-corrected chi connectivity index (χ2v) is 5.18. The first-order valence-corrected chi connectivity index (χ1v) is 6.13. The van der Waals surface area contributed by atoms with Gasteiger partial charge in [0.2, 0.25) is 0 Å². The fourth-order valence-corrected chi connectivity index (χ4v) is 3.09. The minimum atomic E-state index is -4.27. The van der Waals surface area contributed by atoms with Gasteiger partial charge in [0.25, 0.3) is 0 Å². The van der Waals surface area contributed by atoms with Gasteiger partial charge in [-0.05, 0) is 42.5 Å². The third-order valence-corrected chi connectivity index (χ3v) is 4.18. The molecule has 1 aromatic carbocycles. The molecule has 1 aromatic rings. The lowest BCUT2D eigenvalue weighted by Gasteiger charge is -2.22. The summed E-state index contributed by atoms with van der Waals surface area (Å²) < 4.78 is 37.9. The summed E-state index contributed by atoms with van der Waals surface area (Å²) in [6, 6.07) is 5.57. The number of nitrogens with two attached hydrogens (primary N) is 1. The highest BCUT2D eigenvalue weighted by atomic mass is 19.4. The Bertz CT molecular complexity index is 446. The molecule has 1 heterocycles. The van der Waals surface area contributed by atoms with Crippen LogP contribution in [0, 0.1) is 17.8 Å². The second kappa shape index (κ2) is 3.88. The number of anilines is 1. The van der Waals surface area contributed by atoms with E-state index < -0.39 is 11.7 Å². The van der Waals surface area contributed by atoms with Crippen LogP contribution in [0.3, 0.4) is 0 Å². The van der Waals surface area contributed by atoms with Crippen LogP contribution in [0.25, 0.3) is 0 Å². The molecule has 18 heavy (non-hydrogen) atoms. The zero-order valence-corrected chi connectivity index (χ0v) is 9.82. The third kappa shape index (κ3) is 1.86. The SMILES string of the molecule is NCC1C2CN(c3cccc(C(F)(F)F)c3)CC12. The molecule has 0 aromatic heterocycles. The zero-order valence-electron chi connectivity index (χ0n) is 9.82. The number of piperidine rings is 1. The molecular weight excluding hydrogens is 241 g/mol. The highest BCUT2D eigenvalue weighted by Crippen LogP contribution is 2.52. The average molecular weight is 256 g/mol. The molecule has 0 spiro atoms. The normalized spacial score (nSPS) is 30.4. The van der Waals surface area contributed by atoms with E-state index in [0.717, 1.165) is 19.2 Å². The Balaban J connectivity index is 1.75. The molecule has 2 N–H and O–H groups in total. The van der Waals surface area contributed by atoms with Gasteiger partial charge in [-0.15, -0.1) is 0 Å². The molecular formula is C13H15F3N2. The first-order valence-electron chi connectivity index (χ1n) is 6.13. The van der Waals surface area contributed by atoms with Gasteiger partial charge in [-0.1, -0.05) is 6.07 Å². The Kier molecular flexibility index (Phi) is 2.55. The van der Waals surface area contributed by atoms with E-state index in [1.165, 1.54) is 12.1 Å². The highest BCUT2D eigenvalue weighted by Gasteiger charge is 2.54. The van der Waals surface area contributed by atoms with Crippen LogP contribution < -0.4 is 10.6 Å². The maximum atomic E-state index is 12.6. The molecule has 98 valence electrons. The molecule has 1 aliphatic heterocycles. The average Bonchev–Trinajstić information content (AvgIpc) is 2.80. The van der Waals surface area contributed by atoms with Gasteiger partial charge < -0.3 is 10.6 Å². The maximum Gasteiger partial charge on any atom is 0.416 e. The predicted octanol–water partition coefficient (Wildman–Crippen LogP) is 2.35. The zero-order chi connectivity index (χ0) is 12.9. The van der Waals surface area contributed by atoms with Crippen molar-refractivity contribution in [3.8, 4) is 0 Å². The summed E-state index contributed by atoms with van der Waals surface area (Å²) in [4.78, 5) is 2.04. The molecule has 2 nitrogen and oxygen atoms in total. The number of halogens is 3. The topological polar surface area (TPSA) is 29.3 Å². The Labute approximate surface area is 104 Å². The van der Waals surface area contributed by atoms with Crippen LogP contribution in [0.1, 0.15) is 5.56 Å². The summed E-state index contributed by atoms with van der Waals surface area (Å²) >= 11 is 0. The van der Waals surface area contributed by atoms with E-state index in [0.29, 0.717) is 30.0 Å². The van der Waals surface area contributed by atoms with Crippen molar-refractivity contribution in [3.63, 3.8) is 0 Å². The predicted molar refractivity (Wildman–Crippen MR) is 63.2 cm³/mol. The summed E-state index contributed by atoms with van der Waals surface area (Å²) in [6.45, 7) is 2.38. The maximum absolute atomic E-state index is 12.6. The van der Waals surface area contributed by atoms with Gasteiger partial charge in [0.15, 0.2) is 0 Å². The molecule has 3 rings (SSSR count). The van der Waals surface area contributed by atoms with Crippen molar-refractivity contribution in [3.05, 3.63) is 29.8 Å². The molecule has 1 saturated heterocycles. The van der Waals surface area contributed by atoms with Crippen molar-refractivity contribution in [2.75, 3.05) is 24.5 Å². The van der Waals surface area contributed by atoms with Gasteiger partial charge in [-0.3, -0.25) is 0 Å². The molecule has 2 unspecified atom stereocenters. The number of rotatable bonds is 2. The number of hydrogen-bond acceptors (Lipinski definition) is 2. The van der Waals surface area contributed by atoms with Crippen molar-refractivity contribution in [1.29, 1.82) is 0 Å². The summed E-state index contributed by atoms with van der Waals surface area (Å²) in [5.41, 5.74) is 5.72. The van der Waals surface area contributed by atoms with E-state index in [-0.39, 0.29) is 0 Å². The first-order chi connectivity index (χ1) is 8.50. The van der Waals surface area contributed by atoms with E-state index >= 15 is 0 Å². The van der Waals surface area contributed by atoms with Crippen molar-refractivity contribution < 1.29 is 13.2 Å². The fourth-order valence-electron chi connectivity index (χ4n) is 3.09. The molecule has 1 saturated carbocycles. The molecule has 0 radical (unpaired) electrons. The summed E-state index contributed by atoms with van der Waals surface area (Å²) in [7, 11) is 0. The number of alkyl halides is 3. The second-order valence-electron chi connectivity index (χ2n) is 5.18. The van der Waals surface area contributed by atoms with Gasteiger partial charge in [-0.25, -0.2) is 0 Å². The standard InChI is InChI=1S/C13H15F3N2/c14-13(15,16)8-2-1-3-9(4-8)18-6-11-10(5-17)12(11)7-18/h1-4,10-12H,5-7,17H2. The molecule has 0 bridgehead atoms. The minimum Gasteiger partial charge on any atom is -0.371 e. The molecule has 2 aliphatic rings. The smallest absolute Gasteiger partial charge is 0.371 e. The minimum absolute atomic E-state index is 0.573. The summed E-state index contributed by atoms with van der Waals surface area (Å²) in [5, 5.41) is 0. The number of nitrogens with zero attached hydrogens (tertiary/aromatic N) is 1. The van der Waals surface area contributed by atoms with Crippen LogP contribution in [0.15, 0.2) is 24.3 Å². The summed E-state index contributed by atoms with van der Waals surface area (Å²) in [5.74, 6) is 1.76. The number of benzene rings is 1. The van der Waals surface area contributed by atoms with Gasteiger partial charge >= 0.3 is 6.18 Å². The largest absolute Gasteiger partial charge is 0.416 e. The van der Waals surface area contributed by atoms with E-state index in [2.05, 4.69) is 0 Å². The summed E-state index contributed by atoms with van der Waals surface area (Å²) in [6.07, 6.45) is -4.27. The Morgan fingerprint density at radius 2 is 1.89 bits per heavy atom. The third-order valence-electron chi connectivity index (χ3n) is 4.18. The van der Waals surface area contributed by atoms with Gasteiger partial charge in [0.05, 0.1) is 5.56 Å². The number of hydrogen-bond donors (Lipinski definition) is 1. The fraction of sp³-hybridized carbons (Fsp3) is 0.538. The lowest BCUT2D eigenvalue weighted by molar-refractivity contribution is -0.137. The van der Waals surface area contributed by atoms with Crippen molar-refractivity contribution in [2.24, 2.45) is 23.5 Å². The van der Waals surface area contributed by atoms with Gasteiger partial charge in [0.1, 0.15) is 0 Å². The monoisotopic (exact) mass is 256 g/mol. The first kappa shape index (κ1) is 11.8. The van der Waals surface area contributed by atoms with E-state index in [1.54, 1.807) is 6.07 Å². The Hall–Kier alpha value is -1.23. The molecule has 2 fully saturated rings. The van der Waals surface area contributed by atoms with E-state index in [9.17, 15) is 13.2 Å². The number of fused-ring (bicyclic) bond motifs is 1. The van der Waals surface area contributed by atoms with Crippen molar-refractivity contribution >= 4 is 5.69 Å². The van der Waals surface area contributed by atoms with Crippen LogP contribution in [0.5, 0.6) is 0 Å². The van der Waals surface area contributed by atoms with Gasteiger partial charge in [-0.2, -0.15) is 13.2 Å². The molecule has 2 atom stereocenters. The molecule has 5 heteroatoms. The molecule has 0 amide bonds. The van der Waals surface area contributed by atoms with Crippen molar-refractivity contribution in [2.45, 2.75) is 6.18 Å². The van der Waals surface area contributed by atoms with Crippen LogP contribution in [-0.2, 0) is 6.18 Å². The quantitative estimate of drug-likeness (QED) is 0.880. The van der Waals surface area contributed by atoms with Crippen LogP contribution in [0.2, 0.25) is 0 Å². The van der Waals surface area contributed by atoms with E-state index in [1.807, 2.05) is 4.90 Å². The van der Waals surface area contributed by atoms with Crippen LogP contribution in [-0.4, -0.2) is 19.6 Å². The lowest BCUT2D eigenvalue weighted by Crippen LogP contribution is -2.26. The molecule has 1 aliphatic carbocycles.